The van der Waals surface area contributed by atoms with Crippen LogP contribution in [0.4, 0.5) is 9.52 Å². The van der Waals surface area contributed by atoms with Gasteiger partial charge in [-0.3, -0.25) is 14.7 Å². The van der Waals surface area contributed by atoms with Crippen molar-refractivity contribution in [3.8, 4) is 11.1 Å². The van der Waals surface area contributed by atoms with E-state index in [-0.39, 0.29) is 18.0 Å². The number of carbonyl (C=O) groups is 1. The van der Waals surface area contributed by atoms with Crippen molar-refractivity contribution in [2.75, 3.05) is 4.90 Å². The van der Waals surface area contributed by atoms with Gasteiger partial charge in [-0.1, -0.05) is 65.9 Å². The Kier molecular flexibility index (Phi) is 5.44. The lowest BCUT2D eigenvalue weighted by Crippen LogP contribution is -2.30. The molecular formula is C26H18FN3OS. The van der Waals surface area contributed by atoms with Crippen LogP contribution in [0.2, 0.25) is 0 Å². The molecule has 0 unspecified atom stereocenters. The molecule has 0 saturated heterocycles. The van der Waals surface area contributed by atoms with E-state index in [0.29, 0.717) is 15.4 Å². The number of halogens is 1. The van der Waals surface area contributed by atoms with Gasteiger partial charge < -0.3 is 0 Å². The summed E-state index contributed by atoms with van der Waals surface area (Å²) < 4.78 is 14.9. The first-order valence-electron chi connectivity index (χ1n) is 10.1. The van der Waals surface area contributed by atoms with Crippen LogP contribution in [0.15, 0.2) is 97.2 Å². The predicted octanol–water partition coefficient (Wildman–Crippen LogP) is 6.34. The molecule has 0 fully saturated rings. The second kappa shape index (κ2) is 8.69. The summed E-state index contributed by atoms with van der Waals surface area (Å²) in [4.78, 5) is 23.9. The van der Waals surface area contributed by atoms with Crippen LogP contribution in [0.3, 0.4) is 0 Å². The second-order valence-electron chi connectivity index (χ2n) is 7.24. The molecule has 0 aliphatic heterocycles. The van der Waals surface area contributed by atoms with Crippen molar-refractivity contribution in [2.24, 2.45) is 0 Å². The summed E-state index contributed by atoms with van der Waals surface area (Å²) >= 11 is 1.29. The highest BCUT2D eigenvalue weighted by Gasteiger charge is 2.23. The lowest BCUT2D eigenvalue weighted by molar-refractivity contribution is 0.0985. The highest BCUT2D eigenvalue weighted by Crippen LogP contribution is 2.32. The highest BCUT2D eigenvalue weighted by atomic mass is 32.1. The summed E-state index contributed by atoms with van der Waals surface area (Å²) in [6.07, 6.45) is 1.69. The molecule has 0 aliphatic rings. The van der Waals surface area contributed by atoms with Crippen LogP contribution >= 0.6 is 11.3 Å². The molecule has 0 saturated carbocycles. The van der Waals surface area contributed by atoms with Gasteiger partial charge in [-0.05, 0) is 47.5 Å². The molecule has 5 aromatic rings. The highest BCUT2D eigenvalue weighted by molar-refractivity contribution is 7.22. The van der Waals surface area contributed by atoms with E-state index in [4.69, 9.17) is 0 Å². The van der Waals surface area contributed by atoms with Gasteiger partial charge in [-0.2, -0.15) is 0 Å². The van der Waals surface area contributed by atoms with E-state index in [9.17, 15) is 9.18 Å². The Labute approximate surface area is 188 Å². The zero-order chi connectivity index (χ0) is 21.9. The maximum Gasteiger partial charge on any atom is 0.260 e. The number of benzene rings is 3. The molecule has 32 heavy (non-hydrogen) atoms. The van der Waals surface area contributed by atoms with E-state index >= 15 is 0 Å². The number of carbonyl (C=O) groups excluding carboxylic acids is 1. The lowest BCUT2D eigenvalue weighted by atomic mass is 10.0. The average Bonchev–Trinajstić information content (AvgIpc) is 3.29. The Bertz CT molecular complexity index is 1370. The number of thiazole rings is 1. The molecule has 156 valence electrons. The van der Waals surface area contributed by atoms with E-state index in [0.717, 1.165) is 16.8 Å². The van der Waals surface area contributed by atoms with Crippen molar-refractivity contribution in [2.45, 2.75) is 6.54 Å². The van der Waals surface area contributed by atoms with Crippen LogP contribution in [-0.2, 0) is 6.54 Å². The topological polar surface area (TPSA) is 46.1 Å². The Balaban J connectivity index is 1.52. The molecule has 3 aromatic carbocycles. The first kappa shape index (κ1) is 20.0. The number of amides is 1. The van der Waals surface area contributed by atoms with Gasteiger partial charge in [0.05, 0.1) is 16.9 Å². The smallest absolute Gasteiger partial charge is 0.260 e. The van der Waals surface area contributed by atoms with E-state index in [1.54, 1.807) is 23.2 Å². The van der Waals surface area contributed by atoms with Gasteiger partial charge in [0.15, 0.2) is 5.13 Å². The first-order valence-corrected chi connectivity index (χ1v) is 10.9. The zero-order valence-corrected chi connectivity index (χ0v) is 17.8. The molecule has 4 nitrogen and oxygen atoms in total. The van der Waals surface area contributed by atoms with Crippen LogP contribution in [0.5, 0.6) is 0 Å². The largest absolute Gasteiger partial charge is 0.278 e. The molecule has 2 heterocycles. The predicted molar refractivity (Wildman–Crippen MR) is 126 cm³/mol. The number of anilines is 1. The Morgan fingerprint density at radius 3 is 2.31 bits per heavy atom. The summed E-state index contributed by atoms with van der Waals surface area (Å²) in [7, 11) is 0. The van der Waals surface area contributed by atoms with Gasteiger partial charge in [0.25, 0.3) is 5.91 Å². The van der Waals surface area contributed by atoms with Crippen molar-refractivity contribution in [3.63, 3.8) is 0 Å². The molecule has 0 aliphatic carbocycles. The number of nitrogens with zero attached hydrogens (tertiary/aromatic N) is 3. The van der Waals surface area contributed by atoms with Gasteiger partial charge in [0, 0.05) is 11.8 Å². The van der Waals surface area contributed by atoms with Crippen LogP contribution in [0.1, 0.15) is 16.1 Å². The van der Waals surface area contributed by atoms with Gasteiger partial charge in [-0.25, -0.2) is 9.37 Å². The van der Waals surface area contributed by atoms with Crippen molar-refractivity contribution < 1.29 is 9.18 Å². The Morgan fingerprint density at radius 2 is 1.59 bits per heavy atom. The number of hydrogen-bond donors (Lipinski definition) is 0. The molecule has 0 atom stereocenters. The molecule has 0 bridgehead atoms. The second-order valence-corrected chi connectivity index (χ2v) is 8.25. The van der Waals surface area contributed by atoms with Crippen LogP contribution < -0.4 is 4.90 Å². The molecule has 2 aromatic heterocycles. The minimum atomic E-state index is -0.401. The van der Waals surface area contributed by atoms with Crippen molar-refractivity contribution in [1.82, 2.24) is 9.97 Å². The quantitative estimate of drug-likeness (QED) is 0.321. The Hall–Kier alpha value is -3.90. The summed E-state index contributed by atoms with van der Waals surface area (Å²) in [6.45, 7) is 0.238. The fourth-order valence-corrected chi connectivity index (χ4v) is 4.47. The normalized spacial score (nSPS) is 10.9. The number of pyridine rings is 1. The number of aromatic nitrogens is 2. The van der Waals surface area contributed by atoms with E-state index in [1.807, 2.05) is 72.8 Å². The lowest BCUT2D eigenvalue weighted by Gasteiger charge is -2.20. The SMILES string of the molecule is O=C(c1ccc(-c2ccccc2)cc1)N(Cc1ccccn1)c1nc2c(F)cccc2s1. The maximum absolute atomic E-state index is 14.2. The standard InChI is InChI=1S/C26H18FN3OS/c27-22-10-6-11-23-24(22)29-26(32-23)30(17-21-9-4-5-16-28-21)25(31)20-14-12-19(13-15-20)18-7-2-1-3-8-18/h1-16H,17H2. The van der Waals surface area contributed by atoms with Gasteiger partial charge in [0.2, 0.25) is 0 Å². The average molecular weight is 440 g/mol. The fourth-order valence-electron chi connectivity index (χ4n) is 3.49. The van der Waals surface area contributed by atoms with Crippen molar-refractivity contribution >= 4 is 32.6 Å². The third-order valence-electron chi connectivity index (χ3n) is 5.12. The first-order chi connectivity index (χ1) is 15.7. The van der Waals surface area contributed by atoms with E-state index in [1.165, 1.54) is 17.4 Å². The molecule has 1 amide bonds. The molecule has 0 N–H and O–H groups in total. The summed E-state index contributed by atoms with van der Waals surface area (Å²) in [5, 5.41) is 0.438. The maximum atomic E-state index is 14.2. The van der Waals surface area contributed by atoms with Crippen molar-refractivity contribution in [3.05, 3.63) is 114 Å². The number of fused-ring (bicyclic) bond motifs is 1. The van der Waals surface area contributed by atoms with Crippen LogP contribution in [0.25, 0.3) is 21.3 Å². The van der Waals surface area contributed by atoms with E-state index in [2.05, 4.69) is 9.97 Å². The zero-order valence-electron chi connectivity index (χ0n) is 17.0. The minimum Gasteiger partial charge on any atom is -0.278 e. The number of rotatable bonds is 5. The third-order valence-corrected chi connectivity index (χ3v) is 6.16. The third kappa shape index (κ3) is 4.00. The van der Waals surface area contributed by atoms with E-state index < -0.39 is 5.82 Å². The molecular weight excluding hydrogens is 421 g/mol. The molecule has 6 heteroatoms. The summed E-state index contributed by atoms with van der Waals surface area (Å²) in [5.41, 5.74) is 3.63. The van der Waals surface area contributed by atoms with Crippen molar-refractivity contribution in [1.29, 1.82) is 0 Å². The summed E-state index contributed by atoms with van der Waals surface area (Å²) in [6, 6.07) is 27.8. The number of hydrogen-bond acceptors (Lipinski definition) is 4. The van der Waals surface area contributed by atoms with Gasteiger partial charge in [0.1, 0.15) is 11.3 Å². The van der Waals surface area contributed by atoms with Crippen LogP contribution in [0, 0.1) is 5.82 Å². The van der Waals surface area contributed by atoms with Gasteiger partial charge >= 0.3 is 0 Å². The molecule has 5 rings (SSSR count). The molecule has 0 spiro atoms. The Morgan fingerprint density at radius 1 is 0.844 bits per heavy atom. The van der Waals surface area contributed by atoms with Crippen LogP contribution in [-0.4, -0.2) is 15.9 Å². The number of para-hydroxylation sites is 1. The minimum absolute atomic E-state index is 0.213. The van der Waals surface area contributed by atoms with Gasteiger partial charge in [-0.15, -0.1) is 0 Å². The molecule has 0 radical (unpaired) electrons. The monoisotopic (exact) mass is 439 g/mol. The summed E-state index contributed by atoms with van der Waals surface area (Å²) in [5.74, 6) is -0.614. The fraction of sp³-hybridized carbons (Fsp3) is 0.0385.